The van der Waals surface area contributed by atoms with Crippen molar-refractivity contribution < 1.29 is 4.74 Å². The summed E-state index contributed by atoms with van der Waals surface area (Å²) in [4.78, 5) is 9.80. The molecule has 8 nitrogen and oxygen atoms in total. The molecule has 0 unspecified atom stereocenters. The molecule has 168 valence electrons. The number of nitrogens with zero attached hydrogens (tertiary/aromatic N) is 7. The Balaban J connectivity index is 1.16. The molecule has 0 saturated carbocycles. The van der Waals surface area contributed by atoms with Crippen LogP contribution < -0.4 is 9.64 Å². The van der Waals surface area contributed by atoms with Crippen molar-refractivity contribution in [1.29, 1.82) is 0 Å². The number of pyridine rings is 1. The number of fused-ring (bicyclic) bond motifs is 4. The largest absolute Gasteiger partial charge is 0.483 e. The highest BCUT2D eigenvalue weighted by Gasteiger charge is 2.26. The second-order valence-electron chi connectivity index (χ2n) is 8.94. The minimum Gasteiger partial charge on any atom is -0.483 e. The van der Waals surface area contributed by atoms with Gasteiger partial charge in [0.2, 0.25) is 0 Å². The minimum absolute atomic E-state index is 0.408. The van der Waals surface area contributed by atoms with Gasteiger partial charge >= 0.3 is 0 Å². The molecule has 2 aromatic carbocycles. The van der Waals surface area contributed by atoms with Gasteiger partial charge in [0, 0.05) is 49.0 Å². The summed E-state index contributed by atoms with van der Waals surface area (Å²) in [6, 6.07) is 17.4. The first-order valence-corrected chi connectivity index (χ1v) is 11.5. The molecule has 6 rings (SSSR count). The van der Waals surface area contributed by atoms with Crippen molar-refractivity contribution in [3.8, 4) is 11.4 Å². The predicted octanol–water partition coefficient (Wildman–Crippen LogP) is 3.16. The van der Waals surface area contributed by atoms with Crippen LogP contribution >= 0.6 is 0 Å². The van der Waals surface area contributed by atoms with Crippen LogP contribution in [0.15, 0.2) is 48.5 Å². The third-order valence-corrected chi connectivity index (χ3v) is 6.81. The van der Waals surface area contributed by atoms with E-state index < -0.39 is 0 Å². The molecular formula is C25H27N7O. The summed E-state index contributed by atoms with van der Waals surface area (Å²) in [5, 5.41) is 13.2. The van der Waals surface area contributed by atoms with Crippen molar-refractivity contribution in [1.82, 2.24) is 30.1 Å². The molecule has 33 heavy (non-hydrogen) atoms. The molecule has 0 bridgehead atoms. The van der Waals surface area contributed by atoms with E-state index >= 15 is 0 Å². The maximum atomic E-state index is 6.03. The number of aromatic nitrogens is 5. The van der Waals surface area contributed by atoms with Gasteiger partial charge in [-0.3, -0.25) is 9.88 Å². The number of ether oxygens (including phenoxy) is 1. The van der Waals surface area contributed by atoms with Crippen molar-refractivity contribution >= 4 is 16.6 Å². The van der Waals surface area contributed by atoms with Gasteiger partial charge in [-0.15, -0.1) is 5.10 Å². The second kappa shape index (κ2) is 8.12. The lowest BCUT2D eigenvalue weighted by Gasteiger charge is -2.41. The third-order valence-electron chi connectivity index (χ3n) is 6.81. The zero-order chi connectivity index (χ0) is 22.4. The van der Waals surface area contributed by atoms with E-state index in [2.05, 4.69) is 74.7 Å². The summed E-state index contributed by atoms with van der Waals surface area (Å²) in [6.45, 7) is 8.82. The average Bonchev–Trinajstić information content (AvgIpc) is 3.32. The van der Waals surface area contributed by atoms with Gasteiger partial charge in [-0.05, 0) is 66.6 Å². The molecule has 4 aromatic rings. The van der Waals surface area contributed by atoms with Gasteiger partial charge in [0.1, 0.15) is 18.0 Å². The maximum Gasteiger partial charge on any atom is 0.194 e. The van der Waals surface area contributed by atoms with Crippen LogP contribution in [0.2, 0.25) is 0 Å². The number of piperazine rings is 1. The molecule has 2 aliphatic heterocycles. The van der Waals surface area contributed by atoms with Gasteiger partial charge < -0.3 is 9.64 Å². The van der Waals surface area contributed by atoms with Gasteiger partial charge in [0.25, 0.3) is 0 Å². The van der Waals surface area contributed by atoms with E-state index in [1.807, 2.05) is 13.0 Å². The Hall–Kier alpha value is -3.52. The zero-order valence-corrected chi connectivity index (χ0v) is 19.0. The number of benzene rings is 2. The SMILES string of the molecule is Cc1ccc2c(N3CCN(CCc4cccc5c4OCc4nnnn4-5)[C@H](C)C3)cccc2n1. The first-order valence-electron chi connectivity index (χ1n) is 11.5. The first-order chi connectivity index (χ1) is 16.2. The van der Waals surface area contributed by atoms with E-state index in [0.29, 0.717) is 12.6 Å². The van der Waals surface area contributed by atoms with Crippen LogP contribution in [0.25, 0.3) is 16.6 Å². The number of anilines is 1. The molecule has 0 N–H and O–H groups in total. The van der Waals surface area contributed by atoms with E-state index in [1.165, 1.54) is 16.6 Å². The fourth-order valence-corrected chi connectivity index (χ4v) is 5.05. The molecule has 2 aliphatic rings. The van der Waals surface area contributed by atoms with Crippen molar-refractivity contribution in [2.45, 2.75) is 32.9 Å². The van der Waals surface area contributed by atoms with Crippen molar-refractivity contribution in [2.75, 3.05) is 31.1 Å². The Kier molecular flexibility index (Phi) is 4.95. The fraction of sp³-hybridized carbons (Fsp3) is 0.360. The molecule has 1 saturated heterocycles. The Bertz CT molecular complexity index is 1320. The lowest BCUT2D eigenvalue weighted by molar-refractivity contribution is 0.190. The van der Waals surface area contributed by atoms with E-state index in [0.717, 1.165) is 61.1 Å². The third kappa shape index (κ3) is 3.60. The number of aryl methyl sites for hydroxylation is 1. The number of hydrogen-bond acceptors (Lipinski definition) is 7. The topological polar surface area (TPSA) is 72.2 Å². The summed E-state index contributed by atoms with van der Waals surface area (Å²) in [6.07, 6.45) is 0.933. The standard InChI is InChI=1S/C25H27N7O/c1-17-9-10-20-21(26-17)6-4-7-22(20)31-14-13-30(18(2)15-31)12-11-19-5-3-8-23-25(19)33-16-24-27-28-29-32(23)24/h3-10,18H,11-16H2,1-2H3/t18-/m1/s1. The fourth-order valence-electron chi connectivity index (χ4n) is 5.05. The van der Waals surface area contributed by atoms with E-state index in [-0.39, 0.29) is 0 Å². The molecule has 2 aromatic heterocycles. The van der Waals surface area contributed by atoms with Gasteiger partial charge in [-0.1, -0.05) is 18.2 Å². The van der Waals surface area contributed by atoms with Crippen LogP contribution in [0, 0.1) is 6.92 Å². The Morgan fingerprint density at radius 2 is 1.91 bits per heavy atom. The monoisotopic (exact) mass is 441 g/mol. The van der Waals surface area contributed by atoms with Gasteiger partial charge in [0.15, 0.2) is 5.82 Å². The Morgan fingerprint density at radius 3 is 2.82 bits per heavy atom. The predicted molar refractivity (Wildman–Crippen MR) is 127 cm³/mol. The van der Waals surface area contributed by atoms with E-state index in [9.17, 15) is 0 Å². The Labute approximate surface area is 192 Å². The van der Waals surface area contributed by atoms with Crippen molar-refractivity contribution in [2.24, 2.45) is 0 Å². The van der Waals surface area contributed by atoms with Gasteiger partial charge in [-0.25, -0.2) is 0 Å². The maximum absolute atomic E-state index is 6.03. The lowest BCUT2D eigenvalue weighted by Crippen LogP contribution is -2.52. The Morgan fingerprint density at radius 1 is 1.03 bits per heavy atom. The van der Waals surface area contributed by atoms with Crippen molar-refractivity contribution in [3.63, 3.8) is 0 Å². The highest BCUT2D eigenvalue weighted by atomic mass is 16.5. The van der Waals surface area contributed by atoms with Gasteiger partial charge in [-0.2, -0.15) is 4.68 Å². The molecule has 0 amide bonds. The molecule has 0 spiro atoms. The summed E-state index contributed by atoms with van der Waals surface area (Å²) in [7, 11) is 0. The zero-order valence-electron chi connectivity index (χ0n) is 19.0. The molecule has 1 atom stereocenters. The van der Waals surface area contributed by atoms with Crippen LogP contribution in [0.3, 0.4) is 0 Å². The molecule has 4 heterocycles. The van der Waals surface area contributed by atoms with Crippen LogP contribution in [0.5, 0.6) is 5.75 Å². The average molecular weight is 442 g/mol. The smallest absolute Gasteiger partial charge is 0.194 e. The van der Waals surface area contributed by atoms with Crippen molar-refractivity contribution in [3.05, 3.63) is 65.6 Å². The van der Waals surface area contributed by atoms with Gasteiger partial charge in [0.05, 0.1) is 5.52 Å². The molecule has 1 fully saturated rings. The number of tetrazole rings is 1. The highest BCUT2D eigenvalue weighted by Crippen LogP contribution is 2.33. The second-order valence-corrected chi connectivity index (χ2v) is 8.94. The van der Waals surface area contributed by atoms with E-state index in [1.54, 1.807) is 4.68 Å². The van der Waals surface area contributed by atoms with Crippen LogP contribution in [-0.4, -0.2) is 62.3 Å². The summed E-state index contributed by atoms with van der Waals surface area (Å²) in [5.74, 6) is 1.64. The highest BCUT2D eigenvalue weighted by molar-refractivity contribution is 5.92. The van der Waals surface area contributed by atoms with Crippen LogP contribution in [0.4, 0.5) is 5.69 Å². The quantitative estimate of drug-likeness (QED) is 0.482. The lowest BCUT2D eigenvalue weighted by atomic mass is 10.1. The van der Waals surface area contributed by atoms with Crippen LogP contribution in [0.1, 0.15) is 24.0 Å². The van der Waals surface area contributed by atoms with E-state index in [4.69, 9.17) is 9.72 Å². The first kappa shape index (κ1) is 20.1. The number of para-hydroxylation sites is 1. The molecule has 0 radical (unpaired) electrons. The molecule has 8 heteroatoms. The van der Waals surface area contributed by atoms with Crippen LogP contribution in [-0.2, 0) is 13.0 Å². The minimum atomic E-state index is 0.408. The number of rotatable bonds is 4. The molecule has 0 aliphatic carbocycles. The summed E-state index contributed by atoms with van der Waals surface area (Å²) in [5.41, 5.74) is 5.55. The summed E-state index contributed by atoms with van der Waals surface area (Å²) >= 11 is 0. The summed E-state index contributed by atoms with van der Waals surface area (Å²) < 4.78 is 7.82. The normalized spacial score (nSPS) is 18.1. The molecular weight excluding hydrogens is 414 g/mol. The number of hydrogen-bond donors (Lipinski definition) is 0.